The average molecular weight is 422 g/mol. The minimum atomic E-state index is 0.0912. The number of carbonyl (C=O) groups is 1. The van der Waals surface area contributed by atoms with Crippen molar-refractivity contribution in [3.8, 4) is 11.7 Å². The minimum absolute atomic E-state index is 0.0912. The number of amides is 1. The SMILES string of the molecule is O=C(CC12CC3CC(CC(C3)C1)C2)N1CCC(Oc2ccc(-n3cccn3)nn2)CC1. The van der Waals surface area contributed by atoms with Crippen molar-refractivity contribution >= 4 is 5.91 Å². The Morgan fingerprint density at radius 1 is 1.03 bits per heavy atom. The molecule has 4 saturated carbocycles. The smallest absolute Gasteiger partial charge is 0.233 e. The van der Waals surface area contributed by atoms with Gasteiger partial charge in [0.15, 0.2) is 5.82 Å². The molecule has 0 N–H and O–H groups in total. The maximum atomic E-state index is 13.2. The van der Waals surface area contributed by atoms with Gasteiger partial charge in [0.1, 0.15) is 6.10 Å². The lowest BCUT2D eigenvalue weighted by atomic mass is 9.49. The van der Waals surface area contributed by atoms with Crippen LogP contribution in [0.25, 0.3) is 5.82 Å². The molecule has 0 atom stereocenters. The normalized spacial score (nSPS) is 32.4. The molecule has 7 heteroatoms. The van der Waals surface area contributed by atoms with E-state index in [1.807, 2.05) is 24.4 Å². The fourth-order valence-electron chi connectivity index (χ4n) is 7.24. The molecular weight excluding hydrogens is 390 g/mol. The third-order valence-electron chi connectivity index (χ3n) is 8.14. The Bertz CT molecular complexity index is 883. The molecule has 4 aliphatic carbocycles. The van der Waals surface area contributed by atoms with E-state index in [2.05, 4.69) is 20.2 Å². The van der Waals surface area contributed by atoms with Gasteiger partial charge in [0.2, 0.25) is 11.8 Å². The molecule has 7 rings (SSSR count). The van der Waals surface area contributed by atoms with Gasteiger partial charge in [-0.15, -0.1) is 10.2 Å². The fourth-order valence-corrected chi connectivity index (χ4v) is 7.24. The Balaban J connectivity index is 1.01. The molecule has 164 valence electrons. The maximum Gasteiger partial charge on any atom is 0.233 e. The van der Waals surface area contributed by atoms with Gasteiger partial charge in [-0.3, -0.25) is 4.79 Å². The van der Waals surface area contributed by atoms with Crippen LogP contribution in [0.5, 0.6) is 5.88 Å². The van der Waals surface area contributed by atoms with E-state index in [9.17, 15) is 4.79 Å². The van der Waals surface area contributed by atoms with Gasteiger partial charge in [0.05, 0.1) is 0 Å². The van der Waals surface area contributed by atoms with E-state index in [4.69, 9.17) is 4.74 Å². The monoisotopic (exact) mass is 421 g/mol. The summed E-state index contributed by atoms with van der Waals surface area (Å²) in [5, 5.41) is 12.5. The predicted molar refractivity (Wildman–Crippen MR) is 115 cm³/mol. The fraction of sp³-hybridized carbons (Fsp3) is 0.667. The van der Waals surface area contributed by atoms with E-state index in [-0.39, 0.29) is 6.10 Å². The quantitative estimate of drug-likeness (QED) is 0.737. The zero-order valence-corrected chi connectivity index (χ0v) is 18.0. The van der Waals surface area contributed by atoms with Gasteiger partial charge in [-0.1, -0.05) is 0 Å². The van der Waals surface area contributed by atoms with Crippen LogP contribution in [0.15, 0.2) is 30.6 Å². The highest BCUT2D eigenvalue weighted by atomic mass is 16.5. The highest BCUT2D eigenvalue weighted by Crippen LogP contribution is 2.61. The van der Waals surface area contributed by atoms with E-state index >= 15 is 0 Å². The lowest BCUT2D eigenvalue weighted by Gasteiger charge is -2.57. The summed E-state index contributed by atoms with van der Waals surface area (Å²) in [6.07, 6.45) is 14.3. The van der Waals surface area contributed by atoms with Crippen LogP contribution in [0.1, 0.15) is 57.8 Å². The Hall–Kier alpha value is -2.44. The predicted octanol–water partition coefficient (Wildman–Crippen LogP) is 3.64. The van der Waals surface area contributed by atoms with Gasteiger partial charge < -0.3 is 9.64 Å². The molecule has 0 aromatic carbocycles. The van der Waals surface area contributed by atoms with Crippen molar-refractivity contribution in [2.45, 2.75) is 63.9 Å². The lowest BCUT2D eigenvalue weighted by Crippen LogP contribution is -2.49. The van der Waals surface area contributed by atoms with Gasteiger partial charge in [-0.25, -0.2) is 4.68 Å². The van der Waals surface area contributed by atoms with Gasteiger partial charge in [-0.05, 0) is 73.8 Å². The summed E-state index contributed by atoms with van der Waals surface area (Å²) in [7, 11) is 0. The van der Waals surface area contributed by atoms with Crippen LogP contribution in [0.3, 0.4) is 0 Å². The van der Waals surface area contributed by atoms with Crippen molar-refractivity contribution in [1.82, 2.24) is 24.9 Å². The first-order valence-electron chi connectivity index (χ1n) is 11.9. The zero-order chi connectivity index (χ0) is 20.8. The van der Waals surface area contributed by atoms with Crippen LogP contribution in [-0.2, 0) is 4.79 Å². The molecule has 3 heterocycles. The number of hydrogen-bond acceptors (Lipinski definition) is 5. The number of likely N-dealkylation sites (tertiary alicyclic amines) is 1. The Kier molecular flexibility index (Phi) is 4.73. The lowest BCUT2D eigenvalue weighted by molar-refractivity contribution is -0.141. The van der Waals surface area contributed by atoms with Gasteiger partial charge in [0.25, 0.3) is 0 Å². The van der Waals surface area contributed by atoms with Crippen molar-refractivity contribution in [2.24, 2.45) is 23.2 Å². The molecular formula is C24H31N5O2. The third kappa shape index (κ3) is 3.83. The summed E-state index contributed by atoms with van der Waals surface area (Å²) in [6.45, 7) is 1.57. The molecule has 2 aromatic heterocycles. The Labute approximate surface area is 183 Å². The van der Waals surface area contributed by atoms with Crippen molar-refractivity contribution in [3.63, 3.8) is 0 Å². The summed E-state index contributed by atoms with van der Waals surface area (Å²) in [4.78, 5) is 15.2. The average Bonchev–Trinajstić information content (AvgIpc) is 3.28. The second-order valence-electron chi connectivity index (χ2n) is 10.5. The molecule has 1 saturated heterocycles. The first kappa shape index (κ1) is 19.3. The van der Waals surface area contributed by atoms with E-state index in [0.717, 1.165) is 50.1 Å². The molecule has 31 heavy (non-hydrogen) atoms. The number of piperidine rings is 1. The number of nitrogens with zero attached hydrogens (tertiary/aromatic N) is 5. The van der Waals surface area contributed by atoms with Crippen LogP contribution in [0.2, 0.25) is 0 Å². The number of aromatic nitrogens is 4. The topological polar surface area (TPSA) is 73.1 Å². The van der Waals surface area contributed by atoms with E-state index in [0.29, 0.717) is 23.0 Å². The summed E-state index contributed by atoms with van der Waals surface area (Å²) in [5.41, 5.74) is 0.324. The molecule has 0 radical (unpaired) electrons. The van der Waals surface area contributed by atoms with Crippen LogP contribution < -0.4 is 4.74 Å². The van der Waals surface area contributed by atoms with Crippen molar-refractivity contribution in [3.05, 3.63) is 30.6 Å². The summed E-state index contributed by atoms with van der Waals surface area (Å²) in [6, 6.07) is 5.55. The Morgan fingerprint density at radius 3 is 2.32 bits per heavy atom. The van der Waals surface area contributed by atoms with Crippen molar-refractivity contribution in [1.29, 1.82) is 0 Å². The van der Waals surface area contributed by atoms with Crippen LogP contribution >= 0.6 is 0 Å². The van der Waals surface area contributed by atoms with Gasteiger partial charge in [-0.2, -0.15) is 5.10 Å². The second kappa shape index (κ2) is 7.61. The molecule has 7 nitrogen and oxygen atoms in total. The first-order valence-corrected chi connectivity index (χ1v) is 11.9. The molecule has 5 aliphatic rings. The zero-order valence-electron chi connectivity index (χ0n) is 18.0. The molecule has 1 amide bonds. The number of carbonyl (C=O) groups excluding carboxylic acids is 1. The highest BCUT2D eigenvalue weighted by molar-refractivity contribution is 5.77. The standard InChI is InChI=1S/C24H31N5O2/c30-23(16-24-13-17-10-18(14-24)12-19(11-17)15-24)28-8-4-20(5-9-28)31-22-3-2-21(26-27-22)29-7-1-6-25-29/h1-3,6-7,17-20H,4-5,8-16H2. The minimum Gasteiger partial charge on any atom is -0.473 e. The van der Waals surface area contributed by atoms with E-state index in [1.165, 1.54) is 38.5 Å². The van der Waals surface area contributed by atoms with Crippen molar-refractivity contribution < 1.29 is 9.53 Å². The number of hydrogen-bond donors (Lipinski definition) is 0. The Morgan fingerprint density at radius 2 is 1.74 bits per heavy atom. The van der Waals surface area contributed by atoms with E-state index in [1.54, 1.807) is 10.9 Å². The molecule has 1 aliphatic heterocycles. The second-order valence-corrected chi connectivity index (χ2v) is 10.5. The van der Waals surface area contributed by atoms with Crippen LogP contribution in [0, 0.1) is 23.2 Å². The van der Waals surface area contributed by atoms with Crippen molar-refractivity contribution in [2.75, 3.05) is 13.1 Å². The maximum absolute atomic E-state index is 13.2. The molecule has 5 fully saturated rings. The highest BCUT2D eigenvalue weighted by Gasteiger charge is 2.51. The molecule has 2 aromatic rings. The molecule has 0 spiro atoms. The summed E-state index contributed by atoms with van der Waals surface area (Å²) >= 11 is 0. The molecule has 4 bridgehead atoms. The van der Waals surface area contributed by atoms with E-state index < -0.39 is 0 Å². The largest absolute Gasteiger partial charge is 0.473 e. The van der Waals surface area contributed by atoms with Crippen LogP contribution in [-0.4, -0.2) is 50.0 Å². The van der Waals surface area contributed by atoms with Gasteiger partial charge >= 0.3 is 0 Å². The summed E-state index contributed by atoms with van der Waals surface area (Å²) in [5.74, 6) is 4.29. The van der Waals surface area contributed by atoms with Crippen LogP contribution in [0.4, 0.5) is 0 Å². The number of rotatable bonds is 5. The molecule has 0 unspecified atom stereocenters. The number of ether oxygens (including phenoxy) is 1. The third-order valence-corrected chi connectivity index (χ3v) is 8.14. The summed E-state index contributed by atoms with van der Waals surface area (Å²) < 4.78 is 7.72. The first-order chi connectivity index (χ1) is 15.1. The van der Waals surface area contributed by atoms with Gasteiger partial charge in [0, 0.05) is 50.8 Å².